The fraction of sp³-hybridized carbons (Fsp3) is 0.704. The van der Waals surface area contributed by atoms with E-state index in [2.05, 4.69) is 91.8 Å². The maximum atomic E-state index is 13.2. The molecule has 0 radical (unpaired) electrons. The van der Waals surface area contributed by atoms with E-state index >= 15 is 0 Å². The highest BCUT2D eigenvalue weighted by Gasteiger charge is 2.24. The Morgan fingerprint density at radius 3 is 1.21 bits per heavy atom. The number of carbonyl (C=O) groups is 2. The summed E-state index contributed by atoms with van der Waals surface area (Å²) >= 11 is 0. The largest absolute Gasteiger partial charge is 0.488 e. The summed E-state index contributed by atoms with van der Waals surface area (Å²) in [6, 6.07) is 12.6. The summed E-state index contributed by atoms with van der Waals surface area (Å²) in [5.74, 6) is 1.97. The van der Waals surface area contributed by atoms with Crippen LogP contribution in [0.2, 0.25) is 0 Å². The lowest BCUT2D eigenvalue weighted by Crippen LogP contribution is -2.31. The molecule has 0 aliphatic carbocycles. The molecular formula is C54H86O8. The minimum absolute atomic E-state index is 0.157. The molecule has 4 unspecified atom stereocenters. The van der Waals surface area contributed by atoms with Crippen LogP contribution in [0.25, 0.3) is 21.5 Å². The minimum Gasteiger partial charge on any atom is -0.488 e. The first-order chi connectivity index (χ1) is 30.2. The molecule has 8 heteroatoms. The summed E-state index contributed by atoms with van der Waals surface area (Å²) in [4.78, 5) is 26.4. The third-order valence-electron chi connectivity index (χ3n) is 12.1. The minimum atomic E-state index is -0.561. The number of unbranched alkanes of at least 4 members (excludes halogenated alkanes) is 10. The smallest absolute Gasteiger partial charge is 0.306 e. The van der Waals surface area contributed by atoms with Gasteiger partial charge in [0.15, 0.2) is 12.2 Å². The molecule has 3 aromatic carbocycles. The lowest BCUT2D eigenvalue weighted by molar-refractivity contribution is -0.155. The monoisotopic (exact) mass is 863 g/mol. The average molecular weight is 863 g/mol. The fourth-order valence-corrected chi connectivity index (χ4v) is 8.04. The number of ether oxygens (including phenoxy) is 6. The van der Waals surface area contributed by atoms with Crippen molar-refractivity contribution in [1.82, 2.24) is 0 Å². The topological polar surface area (TPSA) is 89.5 Å². The van der Waals surface area contributed by atoms with Gasteiger partial charge in [-0.05, 0) is 63.5 Å². The molecular weight excluding hydrogens is 777 g/mol. The number of hydrogen-bond acceptors (Lipinski definition) is 8. The molecule has 0 saturated carbocycles. The summed E-state index contributed by atoms with van der Waals surface area (Å²) in [5, 5.41) is 3.61. The summed E-state index contributed by atoms with van der Waals surface area (Å²) in [6.45, 7) is 19.5. The molecule has 3 rings (SSSR count). The van der Waals surface area contributed by atoms with Crippen molar-refractivity contribution in [3.05, 3.63) is 47.5 Å². The van der Waals surface area contributed by atoms with Gasteiger partial charge in [0, 0.05) is 47.6 Å². The van der Waals surface area contributed by atoms with E-state index < -0.39 is 12.2 Å². The van der Waals surface area contributed by atoms with Crippen molar-refractivity contribution in [1.29, 1.82) is 0 Å². The average Bonchev–Trinajstić information content (AvgIpc) is 3.26. The second kappa shape index (κ2) is 31.5. The van der Waals surface area contributed by atoms with Gasteiger partial charge in [0.1, 0.15) is 24.7 Å². The molecule has 0 heterocycles. The van der Waals surface area contributed by atoms with Crippen molar-refractivity contribution in [3.63, 3.8) is 0 Å². The maximum absolute atomic E-state index is 13.2. The molecule has 0 aliphatic rings. The standard InChI is InChI=1S/C54H86O8/c1-9-15-19-21-23-27-51(55)61-45(37-57-35-43(13-5)25-17-11-3)39-59-53-47-31-29-42(8)34-50(47)54(48-32-30-41(7)33-49(48)53)60-40-46(38-58-36-44(14-6)26-18-12-4)62-52(56)28-24-22-20-16-10-2/h29-34,43-46H,9-28,35-40H2,1-8H3. The van der Waals surface area contributed by atoms with Crippen molar-refractivity contribution < 1.29 is 38.0 Å². The quantitative estimate of drug-likeness (QED) is 0.0324. The Kier molecular flexibility index (Phi) is 26.9. The normalized spacial score (nSPS) is 13.5. The number of aryl methyl sites for hydroxylation is 2. The Morgan fingerprint density at radius 2 is 0.839 bits per heavy atom. The van der Waals surface area contributed by atoms with Crippen molar-refractivity contribution in [2.24, 2.45) is 11.8 Å². The molecule has 3 aromatic rings. The van der Waals surface area contributed by atoms with E-state index in [1.165, 1.54) is 25.7 Å². The zero-order valence-electron chi connectivity index (χ0n) is 40.4. The summed E-state index contributed by atoms with van der Waals surface area (Å²) in [5.41, 5.74) is 2.17. The van der Waals surface area contributed by atoms with Crippen LogP contribution in [0.4, 0.5) is 0 Å². The number of benzene rings is 3. The summed E-state index contributed by atoms with van der Waals surface area (Å²) < 4.78 is 38.4. The summed E-state index contributed by atoms with van der Waals surface area (Å²) in [7, 11) is 0. The van der Waals surface area contributed by atoms with Crippen molar-refractivity contribution in [2.45, 2.75) is 196 Å². The van der Waals surface area contributed by atoms with Crippen molar-refractivity contribution >= 4 is 33.5 Å². The zero-order chi connectivity index (χ0) is 45.0. The SMILES string of the molecule is CCCCCCCC(=O)OC(COCC(CC)CCCC)COc1c2ccc(C)cc2c(OCC(COCC(CC)CCCC)OC(=O)CCCCCCC)c2ccc(C)cc12. The number of hydrogen-bond donors (Lipinski definition) is 0. The van der Waals surface area contributed by atoms with Gasteiger partial charge in [0.05, 0.1) is 13.2 Å². The Morgan fingerprint density at radius 1 is 0.452 bits per heavy atom. The molecule has 4 atom stereocenters. The van der Waals surface area contributed by atoms with Crippen molar-refractivity contribution in [3.8, 4) is 11.5 Å². The molecule has 350 valence electrons. The van der Waals surface area contributed by atoms with Crippen LogP contribution < -0.4 is 9.47 Å². The first-order valence-electron chi connectivity index (χ1n) is 24.9. The number of carbonyl (C=O) groups excluding carboxylic acids is 2. The van der Waals surface area contributed by atoms with Crippen LogP contribution in [0.1, 0.15) is 181 Å². The molecule has 0 fully saturated rings. The molecule has 0 saturated heterocycles. The highest BCUT2D eigenvalue weighted by atomic mass is 16.6. The molecule has 0 N–H and O–H groups in total. The molecule has 0 bridgehead atoms. The first-order valence-corrected chi connectivity index (χ1v) is 24.9. The Labute approximate surface area is 376 Å². The van der Waals surface area contributed by atoms with E-state index in [9.17, 15) is 9.59 Å². The molecule has 0 amide bonds. The Bertz CT molecular complexity index is 1560. The van der Waals surface area contributed by atoms with Gasteiger partial charge in [-0.15, -0.1) is 0 Å². The van der Waals surface area contributed by atoms with E-state index in [0.29, 0.717) is 49.4 Å². The molecule has 0 aromatic heterocycles. The predicted molar refractivity (Wildman–Crippen MR) is 257 cm³/mol. The van der Waals surface area contributed by atoms with E-state index in [0.717, 1.165) is 123 Å². The van der Waals surface area contributed by atoms with Gasteiger partial charge >= 0.3 is 11.9 Å². The van der Waals surface area contributed by atoms with Gasteiger partial charge < -0.3 is 28.4 Å². The second-order valence-electron chi connectivity index (χ2n) is 17.8. The van der Waals surface area contributed by atoms with E-state index in [4.69, 9.17) is 28.4 Å². The lowest BCUT2D eigenvalue weighted by Gasteiger charge is -2.24. The maximum Gasteiger partial charge on any atom is 0.306 e. The van der Waals surface area contributed by atoms with Crippen LogP contribution in [0.5, 0.6) is 11.5 Å². The van der Waals surface area contributed by atoms with Crippen LogP contribution in [0.15, 0.2) is 36.4 Å². The van der Waals surface area contributed by atoms with Gasteiger partial charge in [-0.1, -0.05) is 167 Å². The molecule has 8 nitrogen and oxygen atoms in total. The van der Waals surface area contributed by atoms with E-state index in [1.54, 1.807) is 0 Å². The predicted octanol–water partition coefficient (Wildman–Crippen LogP) is 14.4. The van der Waals surface area contributed by atoms with E-state index in [-0.39, 0.29) is 38.4 Å². The van der Waals surface area contributed by atoms with Crippen LogP contribution in [-0.2, 0) is 28.5 Å². The van der Waals surface area contributed by atoms with Crippen molar-refractivity contribution in [2.75, 3.05) is 39.6 Å². The van der Waals surface area contributed by atoms with Crippen LogP contribution in [0.3, 0.4) is 0 Å². The Hall–Kier alpha value is -3.36. The van der Waals surface area contributed by atoms with Gasteiger partial charge in [-0.2, -0.15) is 0 Å². The first kappa shape index (κ1) is 53.0. The van der Waals surface area contributed by atoms with Crippen LogP contribution >= 0.6 is 0 Å². The lowest BCUT2D eigenvalue weighted by atomic mass is 9.97. The van der Waals surface area contributed by atoms with Gasteiger partial charge in [0.25, 0.3) is 0 Å². The molecule has 0 aliphatic heterocycles. The van der Waals surface area contributed by atoms with Gasteiger partial charge in [-0.3, -0.25) is 9.59 Å². The summed E-state index contributed by atoms with van der Waals surface area (Å²) in [6.07, 6.45) is 19.3. The van der Waals surface area contributed by atoms with Gasteiger partial charge in [-0.25, -0.2) is 0 Å². The van der Waals surface area contributed by atoms with Crippen LogP contribution in [0, 0.1) is 25.7 Å². The van der Waals surface area contributed by atoms with Gasteiger partial charge in [0.2, 0.25) is 0 Å². The molecule has 0 spiro atoms. The number of esters is 2. The van der Waals surface area contributed by atoms with E-state index in [1.807, 2.05) is 0 Å². The zero-order valence-corrected chi connectivity index (χ0v) is 40.4. The Balaban J connectivity index is 1.92. The highest BCUT2D eigenvalue weighted by molar-refractivity contribution is 6.11. The third kappa shape index (κ3) is 19.6. The fourth-order valence-electron chi connectivity index (χ4n) is 8.04. The third-order valence-corrected chi connectivity index (χ3v) is 12.1. The highest BCUT2D eigenvalue weighted by Crippen LogP contribution is 2.44. The molecule has 62 heavy (non-hydrogen) atoms. The number of fused-ring (bicyclic) bond motifs is 2. The van der Waals surface area contributed by atoms with Crippen LogP contribution in [-0.4, -0.2) is 63.8 Å². The number of rotatable bonds is 36. The second-order valence-corrected chi connectivity index (χ2v) is 17.8.